The summed E-state index contributed by atoms with van der Waals surface area (Å²) < 4.78 is 1.68. The van der Waals surface area contributed by atoms with Crippen LogP contribution in [0.2, 0.25) is 0 Å². The average molecular weight is 342 g/mol. The standard InChI is InChI=1S/C17H22N6O2/c1-11-10-14(22(4)20-11)23-9-7-13(17(23)25)19-16(24)12-6-5-8-18-15(12)21(2)3/h5-6,8,10,13H,7,9H2,1-4H3,(H,19,24)/t13-/m0/s1. The summed E-state index contributed by atoms with van der Waals surface area (Å²) in [7, 11) is 5.46. The molecule has 0 aromatic carbocycles. The third kappa shape index (κ3) is 3.19. The van der Waals surface area contributed by atoms with Gasteiger partial charge in [-0.15, -0.1) is 0 Å². The predicted molar refractivity (Wildman–Crippen MR) is 94.7 cm³/mol. The number of anilines is 2. The predicted octanol–water partition coefficient (Wildman–Crippen LogP) is 0.725. The van der Waals surface area contributed by atoms with Gasteiger partial charge < -0.3 is 10.2 Å². The lowest BCUT2D eigenvalue weighted by molar-refractivity contribution is -0.118. The van der Waals surface area contributed by atoms with Gasteiger partial charge in [0.1, 0.15) is 17.7 Å². The van der Waals surface area contributed by atoms with E-state index in [9.17, 15) is 9.59 Å². The van der Waals surface area contributed by atoms with Crippen molar-refractivity contribution in [2.24, 2.45) is 7.05 Å². The third-order valence-electron chi connectivity index (χ3n) is 4.22. The first-order valence-electron chi connectivity index (χ1n) is 8.13. The van der Waals surface area contributed by atoms with Gasteiger partial charge in [-0.25, -0.2) is 4.98 Å². The molecule has 3 rings (SSSR count). The number of carbonyl (C=O) groups is 2. The van der Waals surface area contributed by atoms with E-state index < -0.39 is 6.04 Å². The second-order valence-corrected chi connectivity index (χ2v) is 6.34. The molecule has 0 aliphatic carbocycles. The number of hydrogen-bond acceptors (Lipinski definition) is 5. The molecule has 132 valence electrons. The molecule has 1 aliphatic heterocycles. The molecule has 2 aromatic heterocycles. The number of hydrogen-bond donors (Lipinski definition) is 1. The minimum Gasteiger partial charge on any atom is -0.362 e. The first-order valence-corrected chi connectivity index (χ1v) is 8.13. The highest BCUT2D eigenvalue weighted by Gasteiger charge is 2.35. The van der Waals surface area contributed by atoms with Gasteiger partial charge in [-0.1, -0.05) is 0 Å². The number of nitrogens with zero attached hydrogens (tertiary/aromatic N) is 5. The van der Waals surface area contributed by atoms with E-state index in [1.165, 1.54) is 0 Å². The summed E-state index contributed by atoms with van der Waals surface area (Å²) in [5.41, 5.74) is 1.30. The molecule has 1 N–H and O–H groups in total. The van der Waals surface area contributed by atoms with Gasteiger partial charge in [0.05, 0.1) is 11.3 Å². The molecular weight excluding hydrogens is 320 g/mol. The number of aromatic nitrogens is 3. The van der Waals surface area contributed by atoms with Crippen LogP contribution >= 0.6 is 0 Å². The van der Waals surface area contributed by atoms with Crippen molar-refractivity contribution in [3.05, 3.63) is 35.7 Å². The first kappa shape index (κ1) is 16.9. The van der Waals surface area contributed by atoms with Gasteiger partial charge >= 0.3 is 0 Å². The second kappa shape index (κ2) is 6.54. The highest BCUT2D eigenvalue weighted by molar-refractivity contribution is 6.05. The van der Waals surface area contributed by atoms with Crippen molar-refractivity contribution < 1.29 is 9.59 Å². The van der Waals surface area contributed by atoms with Crippen LogP contribution in [-0.4, -0.2) is 53.3 Å². The smallest absolute Gasteiger partial charge is 0.255 e. The monoisotopic (exact) mass is 342 g/mol. The lowest BCUT2D eigenvalue weighted by atomic mass is 10.2. The molecule has 1 fully saturated rings. The molecule has 0 bridgehead atoms. The van der Waals surface area contributed by atoms with E-state index in [-0.39, 0.29) is 11.8 Å². The SMILES string of the molecule is Cc1cc(N2CC[C@H](NC(=O)c3cccnc3N(C)C)C2=O)n(C)n1. The number of rotatable bonds is 4. The quantitative estimate of drug-likeness (QED) is 0.885. The van der Waals surface area contributed by atoms with Crippen LogP contribution in [0.5, 0.6) is 0 Å². The maximum atomic E-state index is 12.7. The normalized spacial score (nSPS) is 17.0. The lowest BCUT2D eigenvalue weighted by Gasteiger charge is -2.18. The molecular formula is C17H22N6O2. The Hall–Kier alpha value is -2.90. The molecule has 0 radical (unpaired) electrons. The Morgan fingerprint density at radius 2 is 2.16 bits per heavy atom. The van der Waals surface area contributed by atoms with Crippen LogP contribution in [0.1, 0.15) is 22.5 Å². The van der Waals surface area contributed by atoms with Crippen LogP contribution in [0.3, 0.4) is 0 Å². The van der Waals surface area contributed by atoms with Crippen LogP contribution in [0, 0.1) is 6.92 Å². The average Bonchev–Trinajstić information content (AvgIpc) is 3.09. The first-order chi connectivity index (χ1) is 11.9. The zero-order chi connectivity index (χ0) is 18.1. The Morgan fingerprint density at radius 1 is 1.40 bits per heavy atom. The van der Waals surface area contributed by atoms with Gasteiger partial charge in [-0.2, -0.15) is 5.10 Å². The Morgan fingerprint density at radius 3 is 2.80 bits per heavy atom. The molecule has 25 heavy (non-hydrogen) atoms. The zero-order valence-electron chi connectivity index (χ0n) is 14.9. The minimum absolute atomic E-state index is 0.119. The van der Waals surface area contributed by atoms with Gasteiger partial charge in [0.25, 0.3) is 11.8 Å². The summed E-state index contributed by atoms with van der Waals surface area (Å²) in [5.74, 6) is 0.906. The van der Waals surface area contributed by atoms with Crippen LogP contribution < -0.4 is 15.1 Å². The van der Waals surface area contributed by atoms with Crippen LogP contribution in [0.15, 0.2) is 24.4 Å². The molecule has 3 heterocycles. The molecule has 8 nitrogen and oxygen atoms in total. The highest BCUT2D eigenvalue weighted by Crippen LogP contribution is 2.23. The van der Waals surface area contributed by atoms with Gasteiger partial charge in [0.2, 0.25) is 0 Å². The van der Waals surface area contributed by atoms with Crippen molar-refractivity contribution in [1.82, 2.24) is 20.1 Å². The van der Waals surface area contributed by atoms with Crippen molar-refractivity contribution in [2.45, 2.75) is 19.4 Å². The highest BCUT2D eigenvalue weighted by atomic mass is 16.2. The number of aryl methyl sites for hydroxylation is 2. The molecule has 0 saturated carbocycles. The Labute approximate surface area is 146 Å². The number of amides is 2. The third-order valence-corrected chi connectivity index (χ3v) is 4.22. The Kier molecular flexibility index (Phi) is 4.43. The van der Waals surface area contributed by atoms with Crippen LogP contribution in [0.25, 0.3) is 0 Å². The summed E-state index contributed by atoms with van der Waals surface area (Å²) in [6, 6.07) is 4.74. The summed E-state index contributed by atoms with van der Waals surface area (Å²) in [4.78, 5) is 33.0. The number of nitrogens with one attached hydrogen (secondary N) is 1. The van der Waals surface area contributed by atoms with Crippen LogP contribution in [0.4, 0.5) is 11.6 Å². The van der Waals surface area contributed by atoms with Gasteiger partial charge in [-0.05, 0) is 25.5 Å². The van der Waals surface area contributed by atoms with Crippen molar-refractivity contribution in [3.8, 4) is 0 Å². The summed E-state index contributed by atoms with van der Waals surface area (Å²) in [6.07, 6.45) is 2.20. The molecule has 8 heteroatoms. The maximum absolute atomic E-state index is 12.7. The molecule has 2 aromatic rings. The summed E-state index contributed by atoms with van der Waals surface area (Å²) in [5, 5.41) is 7.12. The minimum atomic E-state index is -0.544. The van der Waals surface area contributed by atoms with Gasteiger partial charge in [0, 0.05) is 40.0 Å². The van der Waals surface area contributed by atoms with Gasteiger partial charge in [-0.3, -0.25) is 19.2 Å². The van der Waals surface area contributed by atoms with Crippen molar-refractivity contribution in [1.29, 1.82) is 0 Å². The molecule has 1 aliphatic rings. The Balaban J connectivity index is 1.75. The van der Waals surface area contributed by atoms with Crippen LogP contribution in [-0.2, 0) is 11.8 Å². The van der Waals surface area contributed by atoms with Crippen molar-refractivity contribution in [2.75, 3.05) is 30.4 Å². The van der Waals surface area contributed by atoms with E-state index in [0.717, 1.165) is 11.5 Å². The van der Waals surface area contributed by atoms with E-state index in [0.29, 0.717) is 24.3 Å². The topological polar surface area (TPSA) is 83.4 Å². The number of carbonyl (C=O) groups excluding carboxylic acids is 2. The Bertz CT molecular complexity index is 813. The summed E-state index contributed by atoms with van der Waals surface area (Å²) in [6.45, 7) is 2.44. The molecule has 2 amide bonds. The fraction of sp³-hybridized carbons (Fsp3) is 0.412. The van der Waals surface area contributed by atoms with Crippen molar-refractivity contribution >= 4 is 23.5 Å². The fourth-order valence-electron chi connectivity index (χ4n) is 3.06. The molecule has 1 atom stereocenters. The maximum Gasteiger partial charge on any atom is 0.255 e. The second-order valence-electron chi connectivity index (χ2n) is 6.34. The largest absolute Gasteiger partial charge is 0.362 e. The van der Waals surface area contributed by atoms with E-state index >= 15 is 0 Å². The van der Waals surface area contributed by atoms with E-state index in [2.05, 4.69) is 15.4 Å². The number of pyridine rings is 1. The molecule has 0 spiro atoms. The van der Waals surface area contributed by atoms with E-state index in [1.807, 2.05) is 27.1 Å². The molecule has 0 unspecified atom stereocenters. The zero-order valence-corrected chi connectivity index (χ0v) is 14.9. The van der Waals surface area contributed by atoms with Gasteiger partial charge in [0.15, 0.2) is 0 Å². The summed E-state index contributed by atoms with van der Waals surface area (Å²) >= 11 is 0. The van der Waals surface area contributed by atoms with E-state index in [4.69, 9.17) is 0 Å². The fourth-order valence-corrected chi connectivity index (χ4v) is 3.06. The van der Waals surface area contributed by atoms with E-state index in [1.54, 1.807) is 39.9 Å². The van der Waals surface area contributed by atoms with Crippen molar-refractivity contribution in [3.63, 3.8) is 0 Å². The molecule has 1 saturated heterocycles. The lowest BCUT2D eigenvalue weighted by Crippen LogP contribution is -2.42.